The van der Waals surface area contributed by atoms with Crippen molar-refractivity contribution in [3.63, 3.8) is 0 Å². The largest absolute Gasteiger partial charge is 0.481 e. The monoisotopic (exact) mass is 273 g/mol. The molecule has 0 aromatic heterocycles. The van der Waals surface area contributed by atoms with Crippen molar-refractivity contribution in [2.24, 2.45) is 0 Å². The number of hydrogen-bond donors (Lipinski definition) is 2. The second-order valence-electron chi connectivity index (χ2n) is 4.46. The Labute approximate surface area is 104 Å². The van der Waals surface area contributed by atoms with Crippen LogP contribution in [0.15, 0.2) is 18.2 Å². The lowest BCUT2D eigenvalue weighted by molar-refractivity contribution is -0.140. The normalized spacial score (nSPS) is 17.2. The molecule has 0 radical (unpaired) electrons. The Morgan fingerprint density at radius 3 is 2.44 bits per heavy atom. The van der Waals surface area contributed by atoms with Crippen LogP contribution in [0.25, 0.3) is 0 Å². The second kappa shape index (κ2) is 3.94. The van der Waals surface area contributed by atoms with Gasteiger partial charge in [-0.05, 0) is 25.0 Å². The molecule has 98 valence electrons. The van der Waals surface area contributed by atoms with E-state index < -0.39 is 27.2 Å². The summed E-state index contributed by atoms with van der Waals surface area (Å²) < 4.78 is 37.9. The zero-order valence-corrected chi connectivity index (χ0v) is 10.4. The zero-order chi connectivity index (χ0) is 13.6. The van der Waals surface area contributed by atoms with Crippen LogP contribution in [0.1, 0.15) is 18.4 Å². The number of carbonyl (C=O) groups is 1. The van der Waals surface area contributed by atoms with Gasteiger partial charge < -0.3 is 5.11 Å². The summed E-state index contributed by atoms with van der Waals surface area (Å²) in [6.07, 6.45) is 1.76. The Hall–Kier alpha value is -1.63. The number of anilines is 1. The van der Waals surface area contributed by atoms with E-state index in [1.165, 1.54) is 12.1 Å². The number of rotatable bonds is 4. The van der Waals surface area contributed by atoms with Crippen molar-refractivity contribution in [3.05, 3.63) is 29.6 Å². The maximum absolute atomic E-state index is 13.8. The summed E-state index contributed by atoms with van der Waals surface area (Å²) in [5, 5.41) is 9.06. The fourth-order valence-corrected chi connectivity index (χ4v) is 2.46. The van der Waals surface area contributed by atoms with E-state index in [0.29, 0.717) is 12.8 Å². The first-order valence-electron chi connectivity index (χ1n) is 5.26. The van der Waals surface area contributed by atoms with E-state index in [1.807, 2.05) is 0 Å². The Morgan fingerprint density at radius 2 is 2.06 bits per heavy atom. The molecular formula is C11H12FNO4S. The first-order chi connectivity index (χ1) is 8.24. The molecule has 2 rings (SSSR count). The Kier molecular flexibility index (Phi) is 2.81. The Balaban J connectivity index is 2.35. The van der Waals surface area contributed by atoms with Crippen LogP contribution in [0.2, 0.25) is 0 Å². The summed E-state index contributed by atoms with van der Waals surface area (Å²) in [6.45, 7) is 0. The standard InChI is InChI=1S/C11H12FNO4S/c1-18(16,17)13-7-2-3-8(9(12)6-7)11(4-5-11)10(14)15/h2-3,6,13H,4-5H2,1H3,(H,14,15). The van der Waals surface area contributed by atoms with Crippen molar-refractivity contribution in [1.29, 1.82) is 0 Å². The second-order valence-corrected chi connectivity index (χ2v) is 6.20. The average Bonchev–Trinajstić information content (AvgIpc) is 2.95. The van der Waals surface area contributed by atoms with Gasteiger partial charge in [-0.25, -0.2) is 12.8 Å². The number of carboxylic acids is 1. The van der Waals surface area contributed by atoms with Crippen LogP contribution in [0.4, 0.5) is 10.1 Å². The summed E-state index contributed by atoms with van der Waals surface area (Å²) >= 11 is 0. The molecule has 0 aliphatic heterocycles. The van der Waals surface area contributed by atoms with Gasteiger partial charge in [-0.1, -0.05) is 6.07 Å². The topological polar surface area (TPSA) is 83.5 Å². The van der Waals surface area contributed by atoms with Crippen LogP contribution >= 0.6 is 0 Å². The molecule has 0 bridgehead atoms. The third kappa shape index (κ3) is 2.31. The maximum Gasteiger partial charge on any atom is 0.314 e. The molecular weight excluding hydrogens is 261 g/mol. The molecule has 1 aromatic carbocycles. The van der Waals surface area contributed by atoms with E-state index in [2.05, 4.69) is 4.72 Å². The van der Waals surface area contributed by atoms with Crippen LogP contribution in [0.5, 0.6) is 0 Å². The molecule has 1 aliphatic carbocycles. The van der Waals surface area contributed by atoms with Crippen molar-refractivity contribution in [1.82, 2.24) is 0 Å². The van der Waals surface area contributed by atoms with Crippen LogP contribution in [0, 0.1) is 5.82 Å². The molecule has 1 aromatic rings. The maximum atomic E-state index is 13.8. The molecule has 5 nitrogen and oxygen atoms in total. The van der Waals surface area contributed by atoms with Crippen molar-refractivity contribution < 1.29 is 22.7 Å². The number of sulfonamides is 1. The molecule has 0 amide bonds. The fourth-order valence-electron chi connectivity index (χ4n) is 1.90. The number of carboxylic acid groups (broad SMARTS) is 1. The van der Waals surface area contributed by atoms with Crippen LogP contribution < -0.4 is 4.72 Å². The molecule has 1 saturated carbocycles. The van der Waals surface area contributed by atoms with Gasteiger partial charge in [0, 0.05) is 5.56 Å². The fraction of sp³-hybridized carbons (Fsp3) is 0.364. The van der Waals surface area contributed by atoms with Crippen molar-refractivity contribution in [2.75, 3.05) is 11.0 Å². The smallest absolute Gasteiger partial charge is 0.314 e. The third-order valence-electron chi connectivity index (χ3n) is 2.95. The molecule has 0 heterocycles. The van der Waals surface area contributed by atoms with Gasteiger partial charge in [-0.2, -0.15) is 0 Å². The predicted molar refractivity (Wildman–Crippen MR) is 63.4 cm³/mol. The Morgan fingerprint density at radius 1 is 1.44 bits per heavy atom. The van der Waals surface area contributed by atoms with Crippen LogP contribution in [0.3, 0.4) is 0 Å². The molecule has 0 saturated heterocycles. The van der Waals surface area contributed by atoms with E-state index in [-0.39, 0.29) is 11.3 Å². The molecule has 2 N–H and O–H groups in total. The SMILES string of the molecule is CS(=O)(=O)Nc1ccc(C2(C(=O)O)CC2)c(F)c1. The molecule has 1 aliphatic rings. The number of halogens is 1. The van der Waals surface area contributed by atoms with Gasteiger partial charge in [-0.15, -0.1) is 0 Å². The van der Waals surface area contributed by atoms with Crippen LogP contribution in [-0.4, -0.2) is 25.7 Å². The molecule has 0 atom stereocenters. The highest BCUT2D eigenvalue weighted by atomic mass is 32.2. The quantitative estimate of drug-likeness (QED) is 0.866. The summed E-state index contributed by atoms with van der Waals surface area (Å²) in [6, 6.07) is 3.69. The van der Waals surface area contributed by atoms with Crippen molar-refractivity contribution in [2.45, 2.75) is 18.3 Å². The lowest BCUT2D eigenvalue weighted by Crippen LogP contribution is -2.21. The summed E-state index contributed by atoms with van der Waals surface area (Å²) in [7, 11) is -3.48. The first kappa shape index (κ1) is 12.8. The Bertz CT molecular complexity index is 607. The third-order valence-corrected chi connectivity index (χ3v) is 3.55. The van der Waals surface area contributed by atoms with E-state index in [9.17, 15) is 17.6 Å². The molecule has 7 heteroatoms. The van der Waals surface area contributed by atoms with E-state index in [0.717, 1.165) is 12.3 Å². The lowest BCUT2D eigenvalue weighted by atomic mass is 9.95. The highest BCUT2D eigenvalue weighted by molar-refractivity contribution is 7.92. The number of nitrogens with one attached hydrogen (secondary N) is 1. The minimum absolute atomic E-state index is 0.0833. The predicted octanol–water partition coefficient (Wildman–Crippen LogP) is 1.31. The zero-order valence-electron chi connectivity index (χ0n) is 9.60. The average molecular weight is 273 g/mol. The molecule has 0 spiro atoms. The van der Waals surface area contributed by atoms with Crippen molar-refractivity contribution in [3.8, 4) is 0 Å². The van der Waals surface area contributed by atoms with E-state index >= 15 is 0 Å². The van der Waals surface area contributed by atoms with Gasteiger partial charge in [0.25, 0.3) is 0 Å². The highest BCUT2D eigenvalue weighted by Gasteiger charge is 2.53. The van der Waals surface area contributed by atoms with Gasteiger partial charge >= 0.3 is 5.97 Å². The number of hydrogen-bond acceptors (Lipinski definition) is 3. The van der Waals surface area contributed by atoms with Gasteiger partial charge in [0.1, 0.15) is 5.82 Å². The van der Waals surface area contributed by atoms with Gasteiger partial charge in [0.15, 0.2) is 0 Å². The highest BCUT2D eigenvalue weighted by Crippen LogP contribution is 2.49. The first-order valence-corrected chi connectivity index (χ1v) is 7.15. The summed E-state index contributed by atoms with van der Waals surface area (Å²) in [5.41, 5.74) is -0.942. The summed E-state index contributed by atoms with van der Waals surface area (Å²) in [5.74, 6) is -1.76. The minimum atomic E-state index is -3.48. The molecule has 1 fully saturated rings. The van der Waals surface area contributed by atoms with Gasteiger partial charge in [0.2, 0.25) is 10.0 Å². The minimum Gasteiger partial charge on any atom is -0.481 e. The lowest BCUT2D eigenvalue weighted by Gasteiger charge is -2.12. The number of benzene rings is 1. The van der Waals surface area contributed by atoms with E-state index in [1.54, 1.807) is 0 Å². The summed E-state index contributed by atoms with van der Waals surface area (Å²) in [4.78, 5) is 11.1. The molecule has 18 heavy (non-hydrogen) atoms. The van der Waals surface area contributed by atoms with Gasteiger partial charge in [-0.3, -0.25) is 9.52 Å². The molecule has 0 unspecified atom stereocenters. The van der Waals surface area contributed by atoms with Crippen molar-refractivity contribution >= 4 is 21.7 Å². The van der Waals surface area contributed by atoms with Gasteiger partial charge in [0.05, 0.1) is 17.4 Å². The van der Waals surface area contributed by atoms with E-state index in [4.69, 9.17) is 5.11 Å². The number of aliphatic carboxylic acids is 1. The van der Waals surface area contributed by atoms with Crippen LogP contribution in [-0.2, 0) is 20.2 Å².